The third kappa shape index (κ3) is 5.43. The third-order valence-electron chi connectivity index (χ3n) is 5.35. The van der Waals surface area contributed by atoms with Crippen LogP contribution in [0.3, 0.4) is 0 Å². The molecule has 11 nitrogen and oxygen atoms in total. The Hall–Kier alpha value is -3.93. The molecule has 2 aromatic rings. The molecule has 0 fully saturated rings. The topological polar surface area (TPSA) is 145 Å². The molecular weight excluding hydrogens is 478 g/mol. The van der Waals surface area contributed by atoms with Gasteiger partial charge >= 0.3 is 11.7 Å². The Bertz CT molecular complexity index is 1160. The van der Waals surface area contributed by atoms with Gasteiger partial charge in [0.2, 0.25) is 0 Å². The Labute approximate surface area is 204 Å². The normalized spacial score (nSPS) is 13.3. The van der Waals surface area contributed by atoms with Crippen LogP contribution in [0.5, 0.6) is 5.75 Å². The number of fused-ring (bicyclic) bond motifs is 1. The first-order valence-corrected chi connectivity index (χ1v) is 11.8. The van der Waals surface area contributed by atoms with E-state index in [2.05, 4.69) is 5.32 Å². The third-order valence-corrected chi connectivity index (χ3v) is 5.99. The zero-order chi connectivity index (χ0) is 25.7. The predicted molar refractivity (Wildman–Crippen MR) is 128 cm³/mol. The van der Waals surface area contributed by atoms with Gasteiger partial charge in [-0.1, -0.05) is 12.1 Å². The average Bonchev–Trinajstić information content (AvgIpc) is 3.09. The van der Waals surface area contributed by atoms with Crippen LogP contribution in [0.1, 0.15) is 32.7 Å². The van der Waals surface area contributed by atoms with Gasteiger partial charge in [-0.05, 0) is 43.0 Å². The average molecular weight is 502 g/mol. The number of nitrogens with one attached hydrogen (secondary N) is 1. The quantitative estimate of drug-likeness (QED) is 0.225. The summed E-state index contributed by atoms with van der Waals surface area (Å²) in [4.78, 5) is 62.4. The van der Waals surface area contributed by atoms with E-state index < -0.39 is 41.3 Å². The molecule has 1 N–H and O–H groups in total. The number of nitro groups is 1. The zero-order valence-corrected chi connectivity index (χ0v) is 20.0. The number of hydrogen-bond donors (Lipinski definition) is 1. The first kappa shape index (κ1) is 25.7. The van der Waals surface area contributed by atoms with E-state index in [-0.39, 0.29) is 34.7 Å². The number of ether oxygens (including phenoxy) is 2. The van der Waals surface area contributed by atoms with Crippen molar-refractivity contribution in [2.45, 2.75) is 19.4 Å². The Morgan fingerprint density at radius 2 is 1.80 bits per heavy atom. The summed E-state index contributed by atoms with van der Waals surface area (Å²) in [6.45, 7) is 0.880. The van der Waals surface area contributed by atoms with E-state index in [0.717, 1.165) is 4.90 Å². The number of imide groups is 1. The van der Waals surface area contributed by atoms with E-state index in [1.54, 1.807) is 19.1 Å². The smallest absolute Gasteiger partial charge is 0.329 e. The number of methoxy groups -OCH3 is 1. The number of thioether (sulfide) groups is 1. The second-order valence-corrected chi connectivity index (χ2v) is 8.56. The van der Waals surface area contributed by atoms with Gasteiger partial charge in [-0.3, -0.25) is 29.4 Å². The summed E-state index contributed by atoms with van der Waals surface area (Å²) in [5.41, 5.74) is 0.806. The Balaban J connectivity index is 1.71. The van der Waals surface area contributed by atoms with Gasteiger partial charge in [-0.2, -0.15) is 11.8 Å². The molecule has 3 amide bonds. The highest BCUT2D eigenvalue weighted by Crippen LogP contribution is 2.33. The lowest BCUT2D eigenvalue weighted by molar-refractivity contribution is -0.385. The van der Waals surface area contributed by atoms with Crippen molar-refractivity contribution >= 4 is 46.8 Å². The lowest BCUT2D eigenvalue weighted by atomic mass is 10.1. The predicted octanol–water partition coefficient (Wildman–Crippen LogP) is 2.81. The maximum absolute atomic E-state index is 12.9. The number of amides is 3. The monoisotopic (exact) mass is 501 g/mol. The molecule has 0 aliphatic carbocycles. The molecule has 1 atom stereocenters. The first-order chi connectivity index (χ1) is 16.7. The van der Waals surface area contributed by atoms with Gasteiger partial charge in [0.15, 0.2) is 12.4 Å². The molecule has 0 unspecified atom stereocenters. The van der Waals surface area contributed by atoms with Crippen molar-refractivity contribution in [2.75, 3.05) is 31.0 Å². The van der Waals surface area contributed by atoms with Crippen molar-refractivity contribution in [3.05, 3.63) is 63.2 Å². The molecule has 0 bridgehead atoms. The summed E-state index contributed by atoms with van der Waals surface area (Å²) in [7, 11) is 1.26. The molecule has 184 valence electrons. The zero-order valence-electron chi connectivity index (χ0n) is 19.2. The lowest BCUT2D eigenvalue weighted by Crippen LogP contribution is -2.46. The van der Waals surface area contributed by atoms with E-state index >= 15 is 0 Å². The number of anilines is 1. The van der Waals surface area contributed by atoms with Crippen LogP contribution in [0.4, 0.5) is 11.4 Å². The number of rotatable bonds is 10. The van der Waals surface area contributed by atoms with E-state index in [0.29, 0.717) is 11.3 Å². The molecule has 12 heteroatoms. The Morgan fingerprint density at radius 3 is 2.34 bits per heavy atom. The van der Waals surface area contributed by atoms with E-state index in [4.69, 9.17) is 9.47 Å². The fourth-order valence-corrected chi connectivity index (χ4v) is 4.06. The van der Waals surface area contributed by atoms with Crippen molar-refractivity contribution in [3.63, 3.8) is 0 Å². The van der Waals surface area contributed by atoms with Gasteiger partial charge in [-0.15, -0.1) is 0 Å². The van der Waals surface area contributed by atoms with Crippen LogP contribution in [0.15, 0.2) is 36.4 Å². The second-order valence-electron chi connectivity index (χ2n) is 7.58. The van der Waals surface area contributed by atoms with Crippen molar-refractivity contribution in [2.24, 2.45) is 0 Å². The van der Waals surface area contributed by atoms with Crippen molar-refractivity contribution in [3.8, 4) is 5.75 Å². The molecule has 1 aliphatic rings. The minimum Gasteiger partial charge on any atom is -0.490 e. The maximum atomic E-state index is 12.9. The maximum Gasteiger partial charge on any atom is 0.329 e. The van der Waals surface area contributed by atoms with E-state index in [1.807, 2.05) is 6.26 Å². The number of aryl methyl sites for hydroxylation is 1. The summed E-state index contributed by atoms with van der Waals surface area (Å²) in [6, 6.07) is 7.64. The first-order valence-electron chi connectivity index (χ1n) is 10.4. The lowest BCUT2D eigenvalue weighted by Gasteiger charge is -2.24. The molecule has 1 heterocycles. The number of esters is 1. The SMILES string of the molecule is COc1cc(NC(=O)COC(=O)[C@@H](CCSC)N2C(=O)c3ccccc3C2=O)c(C)cc1[N+](=O)[O-]. The summed E-state index contributed by atoms with van der Waals surface area (Å²) >= 11 is 1.43. The molecule has 0 saturated heterocycles. The molecule has 0 saturated carbocycles. The number of nitrogens with zero attached hydrogens (tertiary/aromatic N) is 2. The van der Waals surface area contributed by atoms with Gasteiger partial charge < -0.3 is 14.8 Å². The highest BCUT2D eigenvalue weighted by Gasteiger charge is 2.43. The number of carbonyl (C=O) groups excluding carboxylic acids is 4. The van der Waals surface area contributed by atoms with Gasteiger partial charge in [0.1, 0.15) is 6.04 Å². The molecule has 1 aliphatic heterocycles. The van der Waals surface area contributed by atoms with Gasteiger partial charge in [0, 0.05) is 17.8 Å². The summed E-state index contributed by atoms with van der Waals surface area (Å²) in [6.07, 6.45) is 1.98. The number of hydrogen-bond acceptors (Lipinski definition) is 9. The molecule has 0 radical (unpaired) electrons. The highest BCUT2D eigenvalue weighted by atomic mass is 32.2. The van der Waals surface area contributed by atoms with Crippen LogP contribution in [0.2, 0.25) is 0 Å². The molecule has 35 heavy (non-hydrogen) atoms. The van der Waals surface area contributed by atoms with E-state index in [1.165, 1.54) is 43.1 Å². The second kappa shape index (κ2) is 11.0. The van der Waals surface area contributed by atoms with Gasteiger partial charge in [0.25, 0.3) is 17.7 Å². The van der Waals surface area contributed by atoms with Crippen LogP contribution in [-0.2, 0) is 14.3 Å². The Kier molecular flexibility index (Phi) is 8.07. The fourth-order valence-electron chi connectivity index (χ4n) is 3.61. The number of benzene rings is 2. The van der Waals surface area contributed by atoms with Crippen LogP contribution in [0, 0.1) is 17.0 Å². The van der Waals surface area contributed by atoms with Gasteiger partial charge in [0.05, 0.1) is 23.2 Å². The van der Waals surface area contributed by atoms with Crippen molar-refractivity contribution in [1.29, 1.82) is 0 Å². The molecule has 0 aromatic heterocycles. The van der Waals surface area contributed by atoms with Gasteiger partial charge in [-0.25, -0.2) is 4.79 Å². The standard InChI is InChI=1S/C23H23N3O8S/c1-13-10-18(26(31)32)19(33-2)11-16(13)24-20(27)12-34-23(30)17(8-9-35-3)25-21(28)14-6-4-5-7-15(14)22(25)29/h4-7,10-11,17H,8-9,12H2,1-3H3,(H,24,27)/t17-/m1/s1. The Morgan fingerprint density at radius 1 is 1.17 bits per heavy atom. The molecule has 0 spiro atoms. The fraction of sp³-hybridized carbons (Fsp3) is 0.304. The summed E-state index contributed by atoms with van der Waals surface area (Å²) in [5.74, 6) is -2.35. The molecular formula is C23H23N3O8S. The number of nitro benzene ring substituents is 1. The van der Waals surface area contributed by atoms with Crippen LogP contribution in [0.25, 0.3) is 0 Å². The largest absolute Gasteiger partial charge is 0.490 e. The van der Waals surface area contributed by atoms with Crippen LogP contribution in [-0.4, -0.2) is 65.3 Å². The van der Waals surface area contributed by atoms with E-state index in [9.17, 15) is 29.3 Å². The summed E-state index contributed by atoms with van der Waals surface area (Å²) < 4.78 is 10.2. The molecule has 3 rings (SSSR count). The van der Waals surface area contributed by atoms with Crippen molar-refractivity contribution in [1.82, 2.24) is 4.90 Å². The minimum absolute atomic E-state index is 0.0457. The van der Waals surface area contributed by atoms with Crippen molar-refractivity contribution < 1.29 is 33.6 Å². The van der Waals surface area contributed by atoms with Crippen LogP contribution < -0.4 is 10.1 Å². The number of carbonyl (C=O) groups is 4. The molecule has 2 aromatic carbocycles. The highest BCUT2D eigenvalue weighted by molar-refractivity contribution is 7.98. The minimum atomic E-state index is -1.19. The van der Waals surface area contributed by atoms with Crippen LogP contribution >= 0.6 is 11.8 Å². The summed E-state index contributed by atoms with van der Waals surface area (Å²) in [5, 5.41) is 13.7.